The van der Waals surface area contributed by atoms with Crippen LogP contribution in [0.2, 0.25) is 0 Å². The monoisotopic (exact) mass is 514 g/mol. The average molecular weight is 515 g/mol. The fourth-order valence-electron chi connectivity index (χ4n) is 2.11. The van der Waals surface area contributed by atoms with Crippen molar-refractivity contribution in [1.82, 2.24) is 0 Å². The van der Waals surface area contributed by atoms with Gasteiger partial charge in [-0.05, 0) is 35.0 Å². The molecule has 0 rings (SSSR count). The highest BCUT2D eigenvalue weighted by molar-refractivity contribution is 7.98. The van der Waals surface area contributed by atoms with Crippen LogP contribution in [0.15, 0.2) is 0 Å². The van der Waals surface area contributed by atoms with E-state index in [0.29, 0.717) is 55.2 Å². The van der Waals surface area contributed by atoms with Gasteiger partial charge in [0.1, 0.15) is 0 Å². The third kappa shape index (κ3) is 9.25. The molecule has 26 heavy (non-hydrogen) atoms. The zero-order chi connectivity index (χ0) is 20.1. The Kier molecular flexibility index (Phi) is 17.1. The first-order chi connectivity index (χ1) is 12.4. The van der Waals surface area contributed by atoms with E-state index < -0.39 is 0 Å². The molecule has 0 N–H and O–H groups in total. The second kappa shape index (κ2) is 15.5. The highest BCUT2D eigenvalue weighted by Gasteiger charge is 2.33. The summed E-state index contributed by atoms with van der Waals surface area (Å²) >= 11 is 33.2. The van der Waals surface area contributed by atoms with Gasteiger partial charge in [0.15, 0.2) is 0 Å². The number of hydrogen-bond donors (Lipinski definition) is 7. The molecule has 0 aliphatic heterocycles. The van der Waals surface area contributed by atoms with Crippen molar-refractivity contribution in [2.75, 3.05) is 78.7 Å². The first-order valence-electron chi connectivity index (χ1n) is 8.31. The molecule has 0 aromatic carbocycles. The fourth-order valence-corrected chi connectivity index (χ4v) is 6.36. The highest BCUT2D eigenvalue weighted by atomic mass is 32.2. The lowest BCUT2D eigenvalue weighted by atomic mass is 9.93. The fraction of sp³-hybridized carbons (Fsp3) is 1.00. The molecule has 0 atom stereocenters. The van der Waals surface area contributed by atoms with Crippen molar-refractivity contribution in [3.05, 3.63) is 0 Å². The van der Waals surface area contributed by atoms with Crippen molar-refractivity contribution in [3.8, 4) is 0 Å². The summed E-state index contributed by atoms with van der Waals surface area (Å²) in [4.78, 5) is 0. The predicted molar refractivity (Wildman–Crippen MR) is 144 cm³/mol. The summed E-state index contributed by atoms with van der Waals surface area (Å²) in [6, 6.07) is 0. The molecule has 0 spiro atoms. The van der Waals surface area contributed by atoms with Gasteiger partial charge in [0.25, 0.3) is 0 Å². The Morgan fingerprint density at radius 3 is 1.15 bits per heavy atom. The van der Waals surface area contributed by atoms with Crippen LogP contribution in [0.25, 0.3) is 0 Å². The van der Waals surface area contributed by atoms with E-state index in [9.17, 15) is 0 Å². The maximum absolute atomic E-state index is 6.11. The van der Waals surface area contributed by atoms with Gasteiger partial charge in [-0.3, -0.25) is 0 Å². The summed E-state index contributed by atoms with van der Waals surface area (Å²) in [5.74, 6) is 5.81. The third-order valence-corrected chi connectivity index (χ3v) is 10.0. The minimum atomic E-state index is -0.236. The maximum Gasteiger partial charge on any atom is 0.0560 e. The van der Waals surface area contributed by atoms with Gasteiger partial charge in [-0.2, -0.15) is 100 Å². The molecule has 0 bridgehead atoms. The molecule has 0 aromatic rings. The van der Waals surface area contributed by atoms with Crippen molar-refractivity contribution in [3.63, 3.8) is 0 Å². The summed E-state index contributed by atoms with van der Waals surface area (Å²) < 4.78 is 12.2. The van der Waals surface area contributed by atoms with Gasteiger partial charge in [-0.1, -0.05) is 0 Å². The van der Waals surface area contributed by atoms with Gasteiger partial charge >= 0.3 is 0 Å². The van der Waals surface area contributed by atoms with E-state index in [1.54, 1.807) is 11.8 Å². The molecule has 0 amide bonds. The topological polar surface area (TPSA) is 18.5 Å². The minimum Gasteiger partial charge on any atom is -0.380 e. The van der Waals surface area contributed by atoms with E-state index in [2.05, 4.69) is 94.7 Å². The molecule has 0 saturated heterocycles. The van der Waals surface area contributed by atoms with Crippen LogP contribution in [0.4, 0.5) is 0 Å². The normalized spacial score (nSPS) is 13.4. The Balaban J connectivity index is 4.74. The quantitative estimate of drug-likeness (QED) is 0.150. The average Bonchev–Trinajstić information content (AvgIpc) is 2.69. The maximum atomic E-state index is 6.11. The Hall–Kier alpha value is 2.72. The molecule has 0 heterocycles. The van der Waals surface area contributed by atoms with Gasteiger partial charge in [-0.15, -0.1) is 0 Å². The lowest BCUT2D eigenvalue weighted by Crippen LogP contribution is -2.42. The van der Waals surface area contributed by atoms with E-state index >= 15 is 0 Å². The molecular formula is C16H34O2S8. The van der Waals surface area contributed by atoms with Gasteiger partial charge in [0.05, 0.1) is 26.4 Å². The number of hydrogen-bond acceptors (Lipinski definition) is 10. The Bertz CT molecular complexity index is 339. The Morgan fingerprint density at radius 1 is 0.538 bits per heavy atom. The molecule has 10 heteroatoms. The smallest absolute Gasteiger partial charge is 0.0560 e. The van der Waals surface area contributed by atoms with E-state index in [0.717, 1.165) is 17.3 Å². The highest BCUT2D eigenvalue weighted by Crippen LogP contribution is 2.30. The van der Waals surface area contributed by atoms with Crippen molar-refractivity contribution < 1.29 is 9.47 Å². The number of thiol groups is 7. The van der Waals surface area contributed by atoms with Crippen molar-refractivity contribution >= 4 is 100 Å². The third-order valence-electron chi connectivity index (χ3n) is 4.43. The van der Waals surface area contributed by atoms with Crippen LogP contribution in [0.5, 0.6) is 0 Å². The minimum absolute atomic E-state index is 0.0231. The number of ether oxygens (including phenoxy) is 2. The molecule has 2 nitrogen and oxygen atoms in total. The van der Waals surface area contributed by atoms with E-state index in [1.165, 1.54) is 0 Å². The van der Waals surface area contributed by atoms with Crippen LogP contribution in [-0.2, 0) is 9.47 Å². The predicted octanol–water partition coefficient (Wildman–Crippen LogP) is 3.85. The van der Waals surface area contributed by atoms with Gasteiger partial charge in [0, 0.05) is 33.5 Å². The van der Waals surface area contributed by atoms with E-state index in [1.807, 2.05) is 0 Å². The molecule has 158 valence electrons. The molecule has 0 fully saturated rings. The number of thioether (sulfide) groups is 1. The first kappa shape index (κ1) is 28.7. The second-order valence-electron chi connectivity index (χ2n) is 7.03. The largest absolute Gasteiger partial charge is 0.380 e. The molecular weight excluding hydrogens is 481 g/mol. The second-order valence-corrected chi connectivity index (χ2v) is 10.1. The van der Waals surface area contributed by atoms with Gasteiger partial charge in [0.2, 0.25) is 0 Å². The molecule has 0 aliphatic rings. The molecule has 0 radical (unpaired) electrons. The summed E-state index contributed by atoms with van der Waals surface area (Å²) in [5, 5.41) is 0. The zero-order valence-corrected chi connectivity index (χ0v) is 22.4. The van der Waals surface area contributed by atoms with Crippen LogP contribution in [0.1, 0.15) is 0 Å². The lowest BCUT2D eigenvalue weighted by Gasteiger charge is -2.36. The number of rotatable bonds is 17. The summed E-state index contributed by atoms with van der Waals surface area (Å²) in [5.41, 5.74) is -0.384. The Labute approximate surface area is 203 Å². The van der Waals surface area contributed by atoms with Crippen molar-refractivity contribution in [2.24, 2.45) is 16.2 Å². The summed E-state index contributed by atoms with van der Waals surface area (Å²) in [7, 11) is 0. The van der Waals surface area contributed by atoms with Crippen LogP contribution >= 0.6 is 100 Å². The molecule has 0 aromatic heterocycles. The first-order valence-corrected chi connectivity index (χ1v) is 14.1. The SMILES string of the molecule is CSCC(CS)(CS)COCC(CS)(CS)COCC(CS)(CS)CS. The van der Waals surface area contributed by atoms with Crippen LogP contribution < -0.4 is 0 Å². The lowest BCUT2D eigenvalue weighted by molar-refractivity contribution is -0.0278. The van der Waals surface area contributed by atoms with E-state index in [4.69, 9.17) is 9.47 Å². The molecule has 0 unspecified atom stereocenters. The standard InChI is InChI=1S/C16H34O2S8/c1-26-13-16(11-24,12-25)5-18-3-14(6-19,7-20)2-17-4-15(8-21,9-22)10-23/h19-25H,2-13H2,1H3. The van der Waals surface area contributed by atoms with Crippen LogP contribution in [0, 0.1) is 16.2 Å². The van der Waals surface area contributed by atoms with E-state index in [-0.39, 0.29) is 16.2 Å². The molecule has 0 aliphatic carbocycles. The van der Waals surface area contributed by atoms with Gasteiger partial charge in [-0.25, -0.2) is 0 Å². The Morgan fingerprint density at radius 2 is 0.846 bits per heavy atom. The van der Waals surface area contributed by atoms with Gasteiger partial charge < -0.3 is 9.47 Å². The van der Waals surface area contributed by atoms with Crippen molar-refractivity contribution in [2.45, 2.75) is 0 Å². The molecule has 0 saturated carbocycles. The summed E-state index contributed by atoms with van der Waals surface area (Å²) in [6.07, 6.45) is 2.10. The van der Waals surface area contributed by atoms with Crippen LogP contribution in [0.3, 0.4) is 0 Å². The summed E-state index contributed by atoms with van der Waals surface area (Å²) in [6.45, 7) is 2.27. The van der Waals surface area contributed by atoms with Crippen molar-refractivity contribution in [1.29, 1.82) is 0 Å². The zero-order valence-electron chi connectivity index (χ0n) is 15.3. The van der Waals surface area contributed by atoms with Crippen LogP contribution in [-0.4, -0.2) is 78.7 Å².